The van der Waals surface area contributed by atoms with Gasteiger partial charge in [0.1, 0.15) is 0 Å². The Hall–Kier alpha value is -3.87. The molecule has 11 heteroatoms. The second-order valence-electron chi connectivity index (χ2n) is 13.1. The number of alkyl halides is 1. The van der Waals surface area contributed by atoms with Crippen molar-refractivity contribution in [1.82, 2.24) is 9.13 Å². The Morgan fingerprint density at radius 1 is 0.686 bits per heavy atom. The van der Waals surface area contributed by atoms with Gasteiger partial charge >= 0.3 is 24.1 Å². The Bertz CT molecular complexity index is 1750. The lowest BCUT2D eigenvalue weighted by atomic mass is 9.89. The van der Waals surface area contributed by atoms with Crippen molar-refractivity contribution >= 4 is 68.5 Å². The Morgan fingerprint density at radius 3 is 1.73 bits per heavy atom. The smallest absolute Gasteiger partial charge is 0.418 e. The van der Waals surface area contributed by atoms with Gasteiger partial charge in [-0.05, 0) is 58.8 Å². The highest BCUT2D eigenvalue weighted by molar-refractivity contribution is 14.1. The molecule has 0 saturated heterocycles. The number of esters is 2. The zero-order chi connectivity index (χ0) is 36.8. The molecule has 2 aromatic heterocycles. The van der Waals surface area contributed by atoms with Crippen molar-refractivity contribution in [1.29, 1.82) is 0 Å². The molecule has 0 bridgehead atoms. The summed E-state index contributed by atoms with van der Waals surface area (Å²) in [5, 5.41) is 1.74. The fourth-order valence-corrected chi connectivity index (χ4v) is 8.18. The molecule has 0 N–H and O–H groups in total. The van der Waals surface area contributed by atoms with Crippen LogP contribution >= 0.6 is 22.6 Å². The average molecular weight is 815 g/mol. The van der Waals surface area contributed by atoms with E-state index in [9.17, 15) is 19.2 Å². The molecule has 2 aliphatic carbocycles. The van der Waals surface area contributed by atoms with Gasteiger partial charge in [0.25, 0.3) is 0 Å². The molecule has 0 radical (unpaired) electrons. The van der Waals surface area contributed by atoms with E-state index in [2.05, 4.69) is 27.3 Å². The van der Waals surface area contributed by atoms with Crippen LogP contribution in [0.5, 0.6) is 0 Å². The van der Waals surface area contributed by atoms with Crippen LogP contribution in [-0.4, -0.2) is 66.1 Å². The average Bonchev–Trinajstić information content (AvgIpc) is 4.00. The van der Waals surface area contributed by atoms with Crippen LogP contribution in [0.1, 0.15) is 87.7 Å². The summed E-state index contributed by atoms with van der Waals surface area (Å²) in [4.78, 5) is 47.5. The second kappa shape index (κ2) is 20.2. The number of methoxy groups -OCH3 is 4. The van der Waals surface area contributed by atoms with E-state index in [1.807, 2.05) is 42.5 Å². The van der Waals surface area contributed by atoms with E-state index in [1.165, 1.54) is 99.8 Å². The highest BCUT2D eigenvalue weighted by Crippen LogP contribution is 2.36. The molecule has 4 aromatic rings. The van der Waals surface area contributed by atoms with E-state index in [0.717, 1.165) is 46.2 Å². The SMILES string of the molecule is COC(=O)C(CCC1CCCC1)c1cn(C(=O)OC)c2ccccc12.COC(=O)Cc1cn(C(=O)OC)c2ccccc12.ICCC1CCCC1. The summed E-state index contributed by atoms with van der Waals surface area (Å²) < 4.78 is 23.5. The van der Waals surface area contributed by atoms with E-state index >= 15 is 0 Å². The first kappa shape index (κ1) is 39.9. The van der Waals surface area contributed by atoms with Crippen molar-refractivity contribution in [3.63, 3.8) is 0 Å². The lowest BCUT2D eigenvalue weighted by Crippen LogP contribution is -2.16. The summed E-state index contributed by atoms with van der Waals surface area (Å²) in [6.45, 7) is 0. The van der Waals surface area contributed by atoms with Gasteiger partial charge < -0.3 is 18.9 Å². The maximum absolute atomic E-state index is 12.5. The highest BCUT2D eigenvalue weighted by atomic mass is 127. The molecule has 2 aliphatic rings. The minimum atomic E-state index is -0.484. The number of aromatic nitrogens is 2. The standard InChI is InChI=1S/C20H25NO4.C13H13NO4.C7H13I/c1-24-19(22)16(12-11-14-7-3-4-8-14)17-13-21(20(23)25-2)18-10-6-5-9-15(17)18;1-17-12(15)7-9-8-14(13(16)18-2)11-6-4-3-5-10(9)11;8-6-5-7-3-1-2-4-7/h5-6,9-10,13-14,16H,3-4,7-8,11-12H2,1-2H3;3-6,8H,7H2,1-2H3;7H,1-6H2. The van der Waals surface area contributed by atoms with Crippen molar-refractivity contribution in [2.45, 2.75) is 83.0 Å². The lowest BCUT2D eigenvalue weighted by Gasteiger charge is -2.16. The molecule has 276 valence electrons. The van der Waals surface area contributed by atoms with Gasteiger partial charge in [-0.3, -0.25) is 18.7 Å². The van der Waals surface area contributed by atoms with E-state index in [-0.39, 0.29) is 24.3 Å². The maximum atomic E-state index is 12.5. The van der Waals surface area contributed by atoms with Gasteiger partial charge in [-0.2, -0.15) is 0 Å². The van der Waals surface area contributed by atoms with Gasteiger partial charge in [0, 0.05) is 23.2 Å². The third-order valence-electron chi connectivity index (χ3n) is 10.0. The van der Waals surface area contributed by atoms with Crippen LogP contribution < -0.4 is 0 Å². The number of benzene rings is 2. The molecule has 1 atom stereocenters. The Morgan fingerprint density at radius 2 is 1.20 bits per heavy atom. The third kappa shape index (κ3) is 10.6. The molecule has 2 aromatic carbocycles. The van der Waals surface area contributed by atoms with Gasteiger partial charge in [-0.25, -0.2) is 9.59 Å². The van der Waals surface area contributed by atoms with Crippen LogP contribution in [0.4, 0.5) is 9.59 Å². The van der Waals surface area contributed by atoms with Gasteiger partial charge in [0.2, 0.25) is 0 Å². The number of carbonyl (C=O) groups is 4. The van der Waals surface area contributed by atoms with Crippen LogP contribution in [0.3, 0.4) is 0 Å². The molecule has 2 heterocycles. The van der Waals surface area contributed by atoms with E-state index < -0.39 is 12.2 Å². The number of ether oxygens (including phenoxy) is 4. The van der Waals surface area contributed by atoms with E-state index in [4.69, 9.17) is 14.2 Å². The summed E-state index contributed by atoms with van der Waals surface area (Å²) >= 11 is 2.48. The maximum Gasteiger partial charge on any atom is 0.418 e. The fraction of sp³-hybridized carbons (Fsp3) is 0.500. The number of halogens is 1. The molecule has 0 amide bonds. The second-order valence-corrected chi connectivity index (χ2v) is 14.2. The zero-order valence-corrected chi connectivity index (χ0v) is 32.4. The predicted octanol–water partition coefficient (Wildman–Crippen LogP) is 9.46. The molecule has 6 rings (SSSR count). The van der Waals surface area contributed by atoms with E-state index in [0.29, 0.717) is 11.4 Å². The molecule has 10 nitrogen and oxygen atoms in total. The Labute approximate surface area is 314 Å². The molecule has 2 fully saturated rings. The minimum absolute atomic E-state index is 0.126. The molecular weight excluding hydrogens is 763 g/mol. The number of nitrogens with zero attached hydrogens (tertiary/aromatic N) is 2. The van der Waals surface area contributed by atoms with Crippen LogP contribution in [0.25, 0.3) is 21.8 Å². The topological polar surface area (TPSA) is 115 Å². The number of fused-ring (bicyclic) bond motifs is 2. The minimum Gasteiger partial charge on any atom is -0.469 e. The lowest BCUT2D eigenvalue weighted by molar-refractivity contribution is -0.142. The molecule has 51 heavy (non-hydrogen) atoms. The number of carbonyl (C=O) groups excluding carboxylic acids is 4. The quantitative estimate of drug-likeness (QED) is 0.0711. The zero-order valence-electron chi connectivity index (χ0n) is 30.2. The van der Waals surface area contributed by atoms with Crippen LogP contribution in [0.2, 0.25) is 0 Å². The Balaban J connectivity index is 0.000000194. The summed E-state index contributed by atoms with van der Waals surface area (Å²) in [6.07, 6.45) is 16.9. The summed E-state index contributed by atoms with van der Waals surface area (Å²) in [7, 11) is 5.43. The Kier molecular flexibility index (Phi) is 15.8. The van der Waals surface area contributed by atoms with Crippen molar-refractivity contribution in [3.05, 3.63) is 72.1 Å². The molecule has 1 unspecified atom stereocenters. The number of rotatable bonds is 9. The van der Waals surface area contributed by atoms with Crippen molar-refractivity contribution < 1.29 is 38.1 Å². The van der Waals surface area contributed by atoms with Gasteiger partial charge in [0.15, 0.2) is 0 Å². The normalized spacial score (nSPS) is 15.0. The third-order valence-corrected chi connectivity index (χ3v) is 10.7. The first-order valence-electron chi connectivity index (χ1n) is 17.8. The molecule has 2 saturated carbocycles. The monoisotopic (exact) mass is 814 g/mol. The van der Waals surface area contributed by atoms with Gasteiger partial charge in [-0.1, -0.05) is 110 Å². The van der Waals surface area contributed by atoms with Crippen LogP contribution in [0.15, 0.2) is 60.9 Å². The summed E-state index contributed by atoms with van der Waals surface area (Å²) in [6, 6.07) is 14.9. The number of hydrogen-bond donors (Lipinski definition) is 0. The van der Waals surface area contributed by atoms with Crippen molar-refractivity contribution in [2.24, 2.45) is 11.8 Å². The molecule has 0 aliphatic heterocycles. The molecule has 0 spiro atoms. The van der Waals surface area contributed by atoms with Gasteiger partial charge in [0.05, 0.1) is 51.8 Å². The van der Waals surface area contributed by atoms with Crippen molar-refractivity contribution in [3.8, 4) is 0 Å². The van der Waals surface area contributed by atoms with Crippen LogP contribution in [0, 0.1) is 11.8 Å². The first-order valence-corrected chi connectivity index (χ1v) is 19.3. The molecular formula is C40H51IN2O8. The van der Waals surface area contributed by atoms with Crippen LogP contribution in [-0.2, 0) is 35.0 Å². The van der Waals surface area contributed by atoms with Gasteiger partial charge in [-0.15, -0.1) is 0 Å². The highest BCUT2D eigenvalue weighted by Gasteiger charge is 2.28. The summed E-state index contributed by atoms with van der Waals surface area (Å²) in [5.74, 6) is 0.850. The number of hydrogen-bond acceptors (Lipinski definition) is 8. The predicted molar refractivity (Wildman–Crippen MR) is 207 cm³/mol. The largest absolute Gasteiger partial charge is 0.469 e. The van der Waals surface area contributed by atoms with E-state index in [1.54, 1.807) is 18.5 Å². The fourth-order valence-electron chi connectivity index (χ4n) is 7.30. The summed E-state index contributed by atoms with van der Waals surface area (Å²) in [5.41, 5.74) is 3.04. The number of para-hydroxylation sites is 2. The van der Waals surface area contributed by atoms with Crippen molar-refractivity contribution in [2.75, 3.05) is 32.9 Å². The first-order chi connectivity index (χ1) is 24.8.